The summed E-state index contributed by atoms with van der Waals surface area (Å²) >= 11 is 0. The Bertz CT molecular complexity index is 953. The van der Waals surface area contributed by atoms with Gasteiger partial charge in [0.1, 0.15) is 5.82 Å². The molecule has 1 unspecified atom stereocenters. The fraction of sp³-hybridized carbons (Fsp3) is 0.143. The summed E-state index contributed by atoms with van der Waals surface area (Å²) < 4.78 is 41.1. The minimum Gasteiger partial charge on any atom is -0.210 e. The molecule has 26 heavy (non-hydrogen) atoms. The second kappa shape index (κ2) is 7.81. The van der Waals surface area contributed by atoms with Crippen molar-refractivity contribution >= 4 is 10.0 Å². The zero-order chi connectivity index (χ0) is 18.6. The van der Waals surface area contributed by atoms with Gasteiger partial charge in [-0.15, -0.1) is 0 Å². The number of hydrogen-bond acceptors (Lipinski definition) is 2. The van der Waals surface area contributed by atoms with E-state index in [-0.39, 0.29) is 23.2 Å². The molecule has 3 aromatic carbocycles. The van der Waals surface area contributed by atoms with E-state index >= 15 is 0 Å². The van der Waals surface area contributed by atoms with Crippen molar-refractivity contribution in [2.45, 2.75) is 17.7 Å². The van der Waals surface area contributed by atoms with Gasteiger partial charge in [-0.3, -0.25) is 0 Å². The second-order valence-corrected chi connectivity index (χ2v) is 7.95. The molecule has 3 rings (SSSR count). The van der Waals surface area contributed by atoms with Gasteiger partial charge in [-0.05, 0) is 42.3 Å². The summed E-state index contributed by atoms with van der Waals surface area (Å²) in [5, 5.41) is 0. The van der Waals surface area contributed by atoms with Crippen molar-refractivity contribution in [1.29, 1.82) is 0 Å². The molecule has 1 N–H and O–H groups in total. The van der Waals surface area contributed by atoms with Crippen LogP contribution in [-0.4, -0.2) is 15.0 Å². The minimum atomic E-state index is -3.62. The summed E-state index contributed by atoms with van der Waals surface area (Å²) in [6.45, 7) is 2.09. The number of aryl methyl sites for hydroxylation is 1. The van der Waals surface area contributed by atoms with Gasteiger partial charge < -0.3 is 0 Å². The number of rotatable bonds is 6. The van der Waals surface area contributed by atoms with E-state index < -0.39 is 10.0 Å². The molecule has 0 aliphatic carbocycles. The molecule has 3 aromatic rings. The van der Waals surface area contributed by atoms with E-state index in [1.165, 1.54) is 12.1 Å². The Morgan fingerprint density at radius 2 is 1.42 bits per heavy atom. The van der Waals surface area contributed by atoms with Crippen LogP contribution in [0.2, 0.25) is 0 Å². The Labute approximate surface area is 153 Å². The summed E-state index contributed by atoms with van der Waals surface area (Å²) in [6, 6.07) is 22.5. The molecule has 0 saturated carbocycles. The predicted molar refractivity (Wildman–Crippen MR) is 101 cm³/mol. The summed E-state index contributed by atoms with van der Waals surface area (Å²) in [4.78, 5) is 0.231. The van der Waals surface area contributed by atoms with Crippen LogP contribution in [0.1, 0.15) is 22.6 Å². The molecule has 5 heteroatoms. The fourth-order valence-electron chi connectivity index (χ4n) is 2.80. The number of benzene rings is 3. The standard InChI is InChI=1S/C21H20FNO2S/c1-16-7-13-20(14-8-16)26(24,25)23-15-21(17-5-3-2-4-6-17)18-9-11-19(22)12-10-18/h2-14,21,23H,15H2,1H3. The van der Waals surface area contributed by atoms with Gasteiger partial charge in [0.25, 0.3) is 0 Å². The zero-order valence-electron chi connectivity index (χ0n) is 14.4. The molecule has 0 saturated heterocycles. The lowest BCUT2D eigenvalue weighted by atomic mass is 9.91. The van der Waals surface area contributed by atoms with Crippen LogP contribution in [0.5, 0.6) is 0 Å². The third-order valence-corrected chi connectivity index (χ3v) is 5.72. The van der Waals surface area contributed by atoms with Gasteiger partial charge in [-0.2, -0.15) is 0 Å². The molecule has 0 heterocycles. The SMILES string of the molecule is Cc1ccc(S(=O)(=O)NCC(c2ccccc2)c2ccc(F)cc2)cc1. The molecule has 3 nitrogen and oxygen atoms in total. The van der Waals surface area contributed by atoms with Crippen LogP contribution in [-0.2, 0) is 10.0 Å². The molecule has 0 spiro atoms. The third kappa shape index (κ3) is 4.36. The molecule has 134 valence electrons. The normalized spacial score (nSPS) is 12.7. The van der Waals surface area contributed by atoms with Gasteiger partial charge in [-0.25, -0.2) is 17.5 Å². The van der Waals surface area contributed by atoms with Crippen LogP contribution in [0.15, 0.2) is 83.8 Å². The first kappa shape index (κ1) is 18.3. The van der Waals surface area contributed by atoms with Crippen molar-refractivity contribution in [2.24, 2.45) is 0 Å². The number of hydrogen-bond donors (Lipinski definition) is 1. The Hall–Kier alpha value is -2.50. The Kier molecular flexibility index (Phi) is 5.49. The number of nitrogens with one attached hydrogen (secondary N) is 1. The highest BCUT2D eigenvalue weighted by Gasteiger charge is 2.19. The Morgan fingerprint density at radius 3 is 2.04 bits per heavy atom. The maximum Gasteiger partial charge on any atom is 0.240 e. The Balaban J connectivity index is 1.86. The van der Waals surface area contributed by atoms with Crippen molar-refractivity contribution in [3.05, 3.63) is 101 Å². The van der Waals surface area contributed by atoms with Crippen molar-refractivity contribution < 1.29 is 12.8 Å². The van der Waals surface area contributed by atoms with E-state index in [0.717, 1.165) is 16.7 Å². The molecular formula is C21H20FNO2S. The van der Waals surface area contributed by atoms with E-state index in [4.69, 9.17) is 0 Å². The number of sulfonamides is 1. The Morgan fingerprint density at radius 1 is 0.846 bits per heavy atom. The first-order valence-electron chi connectivity index (χ1n) is 8.32. The highest BCUT2D eigenvalue weighted by atomic mass is 32.2. The van der Waals surface area contributed by atoms with Crippen LogP contribution < -0.4 is 4.72 Å². The molecule has 0 aliphatic rings. The van der Waals surface area contributed by atoms with Crippen molar-refractivity contribution in [1.82, 2.24) is 4.72 Å². The van der Waals surface area contributed by atoms with E-state index in [1.54, 1.807) is 36.4 Å². The molecule has 0 aromatic heterocycles. The maximum atomic E-state index is 13.3. The summed E-state index contributed by atoms with van der Waals surface area (Å²) in [5.74, 6) is -0.530. The van der Waals surface area contributed by atoms with E-state index in [2.05, 4.69) is 4.72 Å². The first-order chi connectivity index (χ1) is 12.5. The molecule has 0 aliphatic heterocycles. The van der Waals surface area contributed by atoms with Gasteiger partial charge >= 0.3 is 0 Å². The van der Waals surface area contributed by atoms with Gasteiger partial charge in [0.15, 0.2) is 0 Å². The maximum absolute atomic E-state index is 13.3. The highest BCUT2D eigenvalue weighted by molar-refractivity contribution is 7.89. The average Bonchev–Trinajstić information content (AvgIpc) is 2.64. The molecule has 0 fully saturated rings. The van der Waals surface area contributed by atoms with E-state index in [1.807, 2.05) is 37.3 Å². The highest BCUT2D eigenvalue weighted by Crippen LogP contribution is 2.25. The topological polar surface area (TPSA) is 46.2 Å². The molecule has 1 atom stereocenters. The lowest BCUT2D eigenvalue weighted by molar-refractivity contribution is 0.577. The lowest BCUT2D eigenvalue weighted by Crippen LogP contribution is -2.29. The van der Waals surface area contributed by atoms with Crippen molar-refractivity contribution in [3.8, 4) is 0 Å². The van der Waals surface area contributed by atoms with Gasteiger partial charge in [0.05, 0.1) is 4.90 Å². The minimum absolute atomic E-state index is 0.186. The van der Waals surface area contributed by atoms with E-state index in [0.29, 0.717) is 0 Å². The van der Waals surface area contributed by atoms with E-state index in [9.17, 15) is 12.8 Å². The monoisotopic (exact) mass is 369 g/mol. The van der Waals surface area contributed by atoms with Crippen LogP contribution in [0.3, 0.4) is 0 Å². The largest absolute Gasteiger partial charge is 0.240 e. The van der Waals surface area contributed by atoms with Gasteiger partial charge in [0, 0.05) is 12.5 Å². The van der Waals surface area contributed by atoms with Crippen LogP contribution in [0.4, 0.5) is 4.39 Å². The van der Waals surface area contributed by atoms with Crippen molar-refractivity contribution in [3.63, 3.8) is 0 Å². The van der Waals surface area contributed by atoms with Gasteiger partial charge in [0.2, 0.25) is 10.0 Å². The molecule has 0 radical (unpaired) electrons. The number of halogens is 1. The summed E-state index contributed by atoms with van der Waals surface area (Å²) in [7, 11) is -3.62. The van der Waals surface area contributed by atoms with Crippen LogP contribution in [0, 0.1) is 12.7 Å². The zero-order valence-corrected chi connectivity index (χ0v) is 15.2. The van der Waals surface area contributed by atoms with Crippen LogP contribution >= 0.6 is 0 Å². The summed E-state index contributed by atoms with van der Waals surface area (Å²) in [5.41, 5.74) is 2.81. The molecule has 0 amide bonds. The van der Waals surface area contributed by atoms with Crippen molar-refractivity contribution in [2.75, 3.05) is 6.54 Å². The third-order valence-electron chi connectivity index (χ3n) is 4.28. The fourth-order valence-corrected chi connectivity index (χ4v) is 3.85. The van der Waals surface area contributed by atoms with Crippen LogP contribution in [0.25, 0.3) is 0 Å². The average molecular weight is 369 g/mol. The smallest absolute Gasteiger partial charge is 0.210 e. The predicted octanol–water partition coefficient (Wildman–Crippen LogP) is 4.24. The molecule has 0 bridgehead atoms. The summed E-state index contributed by atoms with van der Waals surface area (Å²) in [6.07, 6.45) is 0. The molecular weight excluding hydrogens is 349 g/mol. The quantitative estimate of drug-likeness (QED) is 0.706. The van der Waals surface area contributed by atoms with Gasteiger partial charge in [-0.1, -0.05) is 60.2 Å². The first-order valence-corrected chi connectivity index (χ1v) is 9.81. The second-order valence-electron chi connectivity index (χ2n) is 6.18. The lowest BCUT2D eigenvalue weighted by Gasteiger charge is -2.19.